The van der Waals surface area contributed by atoms with Crippen LogP contribution in [0.3, 0.4) is 0 Å². The summed E-state index contributed by atoms with van der Waals surface area (Å²) in [6.45, 7) is 0.892. The summed E-state index contributed by atoms with van der Waals surface area (Å²) in [5.74, 6) is 2.42. The Kier molecular flexibility index (Phi) is 3.87. The standard InChI is InChI=1S/C14H18BrNOS/c15-12-3-1-2-4-13(12)16-11-5-7-17-14(9-11)6-8-18-10-14/h1-4,11,16H,5-10H2. The van der Waals surface area contributed by atoms with Crippen LogP contribution in [-0.4, -0.2) is 29.8 Å². The van der Waals surface area contributed by atoms with E-state index < -0.39 is 0 Å². The maximum Gasteiger partial charge on any atom is 0.0799 e. The maximum atomic E-state index is 6.05. The minimum atomic E-state index is 0.155. The number of hydrogen-bond donors (Lipinski definition) is 1. The minimum absolute atomic E-state index is 0.155. The van der Waals surface area contributed by atoms with Crippen molar-refractivity contribution in [2.24, 2.45) is 0 Å². The lowest BCUT2D eigenvalue weighted by atomic mass is 9.90. The highest BCUT2D eigenvalue weighted by atomic mass is 79.9. The van der Waals surface area contributed by atoms with E-state index in [0.29, 0.717) is 6.04 Å². The fraction of sp³-hybridized carbons (Fsp3) is 0.571. The molecule has 0 saturated carbocycles. The molecule has 0 aliphatic carbocycles. The van der Waals surface area contributed by atoms with Gasteiger partial charge in [-0.05, 0) is 53.1 Å². The molecule has 2 heterocycles. The van der Waals surface area contributed by atoms with Crippen LogP contribution < -0.4 is 5.32 Å². The molecule has 98 valence electrons. The molecule has 0 radical (unpaired) electrons. The van der Waals surface area contributed by atoms with Gasteiger partial charge in [-0.3, -0.25) is 0 Å². The summed E-state index contributed by atoms with van der Waals surface area (Å²) in [5.41, 5.74) is 1.35. The zero-order valence-corrected chi connectivity index (χ0v) is 12.7. The molecule has 0 amide bonds. The first-order valence-electron chi connectivity index (χ1n) is 6.50. The Morgan fingerprint density at radius 1 is 1.39 bits per heavy atom. The van der Waals surface area contributed by atoms with Crippen molar-refractivity contribution >= 4 is 33.4 Å². The highest BCUT2D eigenvalue weighted by Gasteiger charge is 2.40. The number of nitrogens with one attached hydrogen (secondary N) is 1. The molecule has 18 heavy (non-hydrogen) atoms. The summed E-state index contributed by atoms with van der Waals surface area (Å²) in [7, 11) is 0. The van der Waals surface area contributed by atoms with Gasteiger partial charge < -0.3 is 10.1 Å². The van der Waals surface area contributed by atoms with Gasteiger partial charge in [0.2, 0.25) is 0 Å². The van der Waals surface area contributed by atoms with Gasteiger partial charge in [0.15, 0.2) is 0 Å². The Morgan fingerprint density at radius 3 is 3.06 bits per heavy atom. The predicted molar refractivity (Wildman–Crippen MR) is 81.4 cm³/mol. The van der Waals surface area contributed by atoms with Crippen LogP contribution in [0.15, 0.2) is 28.7 Å². The van der Waals surface area contributed by atoms with Crippen LogP contribution in [-0.2, 0) is 4.74 Å². The Balaban J connectivity index is 1.68. The second-order valence-corrected chi connectivity index (χ2v) is 7.11. The van der Waals surface area contributed by atoms with E-state index in [9.17, 15) is 0 Å². The lowest BCUT2D eigenvalue weighted by Crippen LogP contribution is -2.44. The highest BCUT2D eigenvalue weighted by Crippen LogP contribution is 2.39. The van der Waals surface area contributed by atoms with Crippen molar-refractivity contribution in [3.8, 4) is 0 Å². The molecular weight excluding hydrogens is 310 g/mol. The third-order valence-electron chi connectivity index (χ3n) is 3.79. The number of hydrogen-bond acceptors (Lipinski definition) is 3. The van der Waals surface area contributed by atoms with Crippen LogP contribution in [0.1, 0.15) is 19.3 Å². The number of para-hydroxylation sites is 1. The van der Waals surface area contributed by atoms with Gasteiger partial charge in [-0.15, -0.1) is 0 Å². The number of thioether (sulfide) groups is 1. The van der Waals surface area contributed by atoms with Crippen LogP contribution in [0.2, 0.25) is 0 Å². The molecule has 2 nitrogen and oxygen atoms in total. The highest BCUT2D eigenvalue weighted by molar-refractivity contribution is 9.10. The van der Waals surface area contributed by atoms with E-state index in [2.05, 4.69) is 39.4 Å². The van der Waals surface area contributed by atoms with E-state index >= 15 is 0 Å². The largest absolute Gasteiger partial charge is 0.381 e. The Bertz CT molecular complexity index is 420. The van der Waals surface area contributed by atoms with E-state index in [-0.39, 0.29) is 5.60 Å². The minimum Gasteiger partial charge on any atom is -0.381 e. The average molecular weight is 328 g/mol. The van der Waals surface area contributed by atoms with Gasteiger partial charge in [-0.2, -0.15) is 11.8 Å². The number of benzene rings is 1. The van der Waals surface area contributed by atoms with Crippen LogP contribution in [0.4, 0.5) is 5.69 Å². The van der Waals surface area contributed by atoms with Crippen molar-refractivity contribution in [1.29, 1.82) is 0 Å². The summed E-state index contributed by atoms with van der Waals surface area (Å²) in [4.78, 5) is 0. The molecule has 1 aromatic carbocycles. The molecule has 2 atom stereocenters. The Morgan fingerprint density at radius 2 is 2.28 bits per heavy atom. The molecule has 3 rings (SSSR count). The zero-order chi connectivity index (χ0) is 12.4. The number of halogens is 1. The van der Waals surface area contributed by atoms with Crippen molar-refractivity contribution in [3.63, 3.8) is 0 Å². The first kappa shape index (κ1) is 12.8. The fourth-order valence-electron chi connectivity index (χ4n) is 2.81. The van der Waals surface area contributed by atoms with E-state index in [4.69, 9.17) is 4.74 Å². The SMILES string of the molecule is Brc1ccccc1NC1CCOC2(CCSC2)C1. The summed E-state index contributed by atoms with van der Waals surface area (Å²) >= 11 is 5.63. The molecular formula is C14H18BrNOS. The average Bonchev–Trinajstić information content (AvgIpc) is 2.80. The van der Waals surface area contributed by atoms with Crippen molar-refractivity contribution < 1.29 is 4.74 Å². The normalized spacial score (nSPS) is 31.7. The fourth-order valence-corrected chi connectivity index (χ4v) is 4.59. The van der Waals surface area contributed by atoms with Gasteiger partial charge in [-0.1, -0.05) is 12.1 Å². The molecule has 2 fully saturated rings. The van der Waals surface area contributed by atoms with Crippen LogP contribution >= 0.6 is 27.7 Å². The van der Waals surface area contributed by atoms with Crippen molar-refractivity contribution in [3.05, 3.63) is 28.7 Å². The molecule has 2 aliphatic rings. The van der Waals surface area contributed by atoms with Crippen LogP contribution in [0, 0.1) is 0 Å². The third-order valence-corrected chi connectivity index (χ3v) is 5.71. The summed E-state index contributed by atoms with van der Waals surface area (Å²) in [6.07, 6.45) is 3.46. The topological polar surface area (TPSA) is 21.3 Å². The molecule has 4 heteroatoms. The molecule has 2 aliphatic heterocycles. The lowest BCUT2D eigenvalue weighted by molar-refractivity contribution is -0.0628. The number of anilines is 1. The quantitative estimate of drug-likeness (QED) is 0.889. The summed E-state index contributed by atoms with van der Waals surface area (Å²) < 4.78 is 7.20. The molecule has 2 saturated heterocycles. The Labute approximate surface area is 121 Å². The van der Waals surface area contributed by atoms with Crippen molar-refractivity contribution in [1.82, 2.24) is 0 Å². The molecule has 2 unspecified atom stereocenters. The van der Waals surface area contributed by atoms with Gasteiger partial charge in [-0.25, -0.2) is 0 Å². The van der Waals surface area contributed by atoms with Crippen LogP contribution in [0.5, 0.6) is 0 Å². The van der Waals surface area contributed by atoms with Gasteiger partial charge in [0.05, 0.1) is 5.60 Å². The van der Waals surface area contributed by atoms with E-state index in [0.717, 1.165) is 23.9 Å². The lowest BCUT2D eigenvalue weighted by Gasteiger charge is -2.38. The zero-order valence-electron chi connectivity index (χ0n) is 10.3. The van der Waals surface area contributed by atoms with Crippen molar-refractivity contribution in [2.45, 2.75) is 30.9 Å². The number of ether oxygens (including phenoxy) is 1. The number of rotatable bonds is 2. The summed E-state index contributed by atoms with van der Waals surface area (Å²) in [6, 6.07) is 8.89. The van der Waals surface area contributed by atoms with Gasteiger partial charge in [0.25, 0.3) is 0 Å². The maximum absolute atomic E-state index is 6.05. The Hall–Kier alpha value is -0.190. The smallest absolute Gasteiger partial charge is 0.0799 e. The second-order valence-electron chi connectivity index (χ2n) is 5.15. The van der Waals surface area contributed by atoms with E-state index in [1.165, 1.54) is 23.6 Å². The van der Waals surface area contributed by atoms with E-state index in [1.807, 2.05) is 17.8 Å². The molecule has 1 N–H and O–H groups in total. The first-order valence-corrected chi connectivity index (χ1v) is 8.45. The third kappa shape index (κ3) is 2.70. The van der Waals surface area contributed by atoms with Gasteiger partial charge in [0, 0.05) is 28.6 Å². The van der Waals surface area contributed by atoms with Gasteiger partial charge >= 0.3 is 0 Å². The predicted octanol–water partition coefficient (Wildman–Crippen LogP) is 3.92. The van der Waals surface area contributed by atoms with Gasteiger partial charge in [0.1, 0.15) is 0 Å². The van der Waals surface area contributed by atoms with E-state index in [1.54, 1.807) is 0 Å². The van der Waals surface area contributed by atoms with Crippen LogP contribution in [0.25, 0.3) is 0 Å². The molecule has 0 aromatic heterocycles. The molecule has 0 bridgehead atoms. The monoisotopic (exact) mass is 327 g/mol. The molecule has 1 aromatic rings. The summed E-state index contributed by atoms with van der Waals surface area (Å²) in [5, 5.41) is 3.66. The van der Waals surface area contributed by atoms with Crippen molar-refractivity contribution in [2.75, 3.05) is 23.4 Å². The molecule has 1 spiro atoms. The second kappa shape index (κ2) is 5.43. The first-order chi connectivity index (χ1) is 8.77.